The molecule has 0 saturated carbocycles. The molecule has 1 atom stereocenters. The van der Waals surface area contributed by atoms with Crippen molar-refractivity contribution in [3.05, 3.63) is 0 Å². The molecular weight excluding hydrogens is 254 g/mol. The van der Waals surface area contributed by atoms with Gasteiger partial charge in [0.25, 0.3) is 0 Å². The summed E-state index contributed by atoms with van der Waals surface area (Å²) in [6.45, 7) is 3.65. The number of hydrogen-bond acceptors (Lipinski definition) is 4. The maximum atomic E-state index is 11.5. The Morgan fingerprint density at radius 1 is 0.950 bits per heavy atom. The molecule has 0 aliphatic rings. The van der Waals surface area contributed by atoms with Crippen LogP contribution in [0.4, 0.5) is 0 Å². The Kier molecular flexibility index (Phi) is 12.5. The number of Topliss-reactive ketones (excluding diaryl/α,β-unsaturated/α-hetero) is 1. The molecule has 0 aromatic carbocycles. The molecule has 4 nitrogen and oxygen atoms in total. The number of nitrogens with two attached hydrogens (primary N) is 1. The van der Waals surface area contributed by atoms with E-state index in [-0.39, 0.29) is 12.4 Å². The molecule has 0 spiro atoms. The van der Waals surface area contributed by atoms with Crippen LogP contribution in [-0.4, -0.2) is 24.4 Å². The van der Waals surface area contributed by atoms with Gasteiger partial charge in [-0.2, -0.15) is 0 Å². The molecule has 0 heterocycles. The Hall–Kier alpha value is -0.900. The van der Waals surface area contributed by atoms with E-state index in [0.29, 0.717) is 6.42 Å². The molecule has 0 bridgehead atoms. The highest BCUT2D eigenvalue weighted by Gasteiger charge is 2.11. The van der Waals surface area contributed by atoms with Crippen molar-refractivity contribution in [1.82, 2.24) is 0 Å². The van der Waals surface area contributed by atoms with Gasteiger partial charge in [-0.15, -0.1) is 0 Å². The van der Waals surface area contributed by atoms with Gasteiger partial charge in [0.05, 0.1) is 0 Å². The van der Waals surface area contributed by atoms with Gasteiger partial charge < -0.3 is 10.5 Å². The smallest absolute Gasteiger partial charge is 0.323 e. The third-order valence-corrected chi connectivity index (χ3v) is 3.31. The van der Waals surface area contributed by atoms with E-state index >= 15 is 0 Å². The summed E-state index contributed by atoms with van der Waals surface area (Å²) in [6.07, 6.45) is 11.5. The van der Waals surface area contributed by atoms with Crippen LogP contribution >= 0.6 is 0 Å². The lowest BCUT2D eigenvalue weighted by Gasteiger charge is -2.06. The third-order valence-electron chi connectivity index (χ3n) is 3.31. The number of esters is 1. The Morgan fingerprint density at radius 3 is 1.95 bits per heavy atom. The number of hydrogen-bond donors (Lipinski definition) is 1. The minimum atomic E-state index is -0.657. The van der Waals surface area contributed by atoms with Gasteiger partial charge in [-0.1, -0.05) is 58.3 Å². The first-order chi connectivity index (χ1) is 9.57. The Morgan fingerprint density at radius 2 is 1.45 bits per heavy atom. The van der Waals surface area contributed by atoms with Crippen LogP contribution in [0.3, 0.4) is 0 Å². The summed E-state index contributed by atoms with van der Waals surface area (Å²) in [5.41, 5.74) is 5.33. The standard InChI is InChI=1S/C16H31NO3/c1-3-4-5-6-7-8-9-10-11-12-15(18)13-20-16(19)14(2)17/h14H,3-13,17H2,1-2H3/t14-/m0/s1. The summed E-state index contributed by atoms with van der Waals surface area (Å²) in [7, 11) is 0. The molecule has 0 aliphatic carbocycles. The first-order valence-corrected chi connectivity index (χ1v) is 8.01. The van der Waals surface area contributed by atoms with E-state index < -0.39 is 12.0 Å². The highest BCUT2D eigenvalue weighted by atomic mass is 16.5. The zero-order valence-electron chi connectivity index (χ0n) is 13.2. The molecule has 0 aliphatic heterocycles. The van der Waals surface area contributed by atoms with Crippen molar-refractivity contribution in [2.75, 3.05) is 6.61 Å². The molecule has 0 radical (unpaired) electrons. The molecule has 118 valence electrons. The van der Waals surface area contributed by atoms with Gasteiger partial charge in [0.2, 0.25) is 0 Å². The van der Waals surface area contributed by atoms with Crippen LogP contribution < -0.4 is 5.73 Å². The van der Waals surface area contributed by atoms with Gasteiger partial charge in [0, 0.05) is 6.42 Å². The number of carbonyl (C=O) groups is 2. The molecule has 0 saturated heterocycles. The van der Waals surface area contributed by atoms with Crippen LogP contribution in [0, 0.1) is 0 Å². The van der Waals surface area contributed by atoms with Crippen molar-refractivity contribution in [3.8, 4) is 0 Å². The average Bonchev–Trinajstić information content (AvgIpc) is 2.42. The summed E-state index contributed by atoms with van der Waals surface area (Å²) >= 11 is 0. The molecule has 4 heteroatoms. The first kappa shape index (κ1) is 19.1. The van der Waals surface area contributed by atoms with Crippen molar-refractivity contribution in [3.63, 3.8) is 0 Å². The summed E-state index contributed by atoms with van der Waals surface area (Å²) < 4.78 is 4.78. The fraction of sp³-hybridized carbons (Fsp3) is 0.875. The van der Waals surface area contributed by atoms with Crippen LogP contribution in [0.25, 0.3) is 0 Å². The second kappa shape index (κ2) is 13.1. The lowest BCUT2D eigenvalue weighted by Crippen LogP contribution is -2.30. The molecular formula is C16H31NO3. The van der Waals surface area contributed by atoms with E-state index in [1.54, 1.807) is 6.92 Å². The molecule has 0 fully saturated rings. The van der Waals surface area contributed by atoms with E-state index in [1.807, 2.05) is 0 Å². The van der Waals surface area contributed by atoms with Crippen LogP contribution in [-0.2, 0) is 14.3 Å². The van der Waals surface area contributed by atoms with E-state index in [4.69, 9.17) is 10.5 Å². The van der Waals surface area contributed by atoms with Crippen molar-refractivity contribution in [2.24, 2.45) is 5.73 Å². The lowest BCUT2D eigenvalue weighted by atomic mass is 10.1. The Bertz CT molecular complexity index is 264. The largest absolute Gasteiger partial charge is 0.457 e. The third kappa shape index (κ3) is 12.2. The van der Waals surface area contributed by atoms with E-state index in [0.717, 1.165) is 12.8 Å². The summed E-state index contributed by atoms with van der Waals surface area (Å²) in [5, 5.41) is 0. The molecule has 0 aromatic rings. The number of ketones is 1. The van der Waals surface area contributed by atoms with E-state index in [9.17, 15) is 9.59 Å². The van der Waals surface area contributed by atoms with Gasteiger partial charge in [-0.25, -0.2) is 0 Å². The minimum Gasteiger partial charge on any atom is -0.457 e. The Balaban J connectivity index is 3.29. The first-order valence-electron chi connectivity index (χ1n) is 8.01. The van der Waals surface area contributed by atoms with Gasteiger partial charge in [-0.3, -0.25) is 9.59 Å². The van der Waals surface area contributed by atoms with Crippen LogP contribution in [0.5, 0.6) is 0 Å². The van der Waals surface area contributed by atoms with Gasteiger partial charge in [0.15, 0.2) is 5.78 Å². The molecule has 20 heavy (non-hydrogen) atoms. The van der Waals surface area contributed by atoms with Crippen LogP contribution in [0.2, 0.25) is 0 Å². The van der Waals surface area contributed by atoms with Crippen molar-refractivity contribution < 1.29 is 14.3 Å². The predicted octanol–water partition coefficient (Wildman–Crippen LogP) is 3.37. The van der Waals surface area contributed by atoms with Gasteiger partial charge in [0.1, 0.15) is 12.6 Å². The Labute approximate surface area is 123 Å². The zero-order valence-corrected chi connectivity index (χ0v) is 13.2. The normalized spacial score (nSPS) is 12.2. The zero-order chi connectivity index (χ0) is 15.2. The summed E-state index contributed by atoms with van der Waals surface area (Å²) in [5.74, 6) is -0.521. The van der Waals surface area contributed by atoms with Crippen molar-refractivity contribution in [2.45, 2.75) is 84.1 Å². The summed E-state index contributed by atoms with van der Waals surface area (Å²) in [4.78, 5) is 22.5. The molecule has 2 N–H and O–H groups in total. The van der Waals surface area contributed by atoms with Crippen molar-refractivity contribution in [1.29, 1.82) is 0 Å². The predicted molar refractivity (Wildman–Crippen MR) is 81.5 cm³/mol. The lowest BCUT2D eigenvalue weighted by molar-refractivity contribution is -0.148. The maximum absolute atomic E-state index is 11.5. The summed E-state index contributed by atoms with van der Waals surface area (Å²) in [6, 6.07) is -0.657. The number of ether oxygens (including phenoxy) is 1. The molecule has 0 rings (SSSR count). The maximum Gasteiger partial charge on any atom is 0.323 e. The SMILES string of the molecule is CCCCCCCCCCCC(=O)COC(=O)[C@H](C)N. The fourth-order valence-electron chi connectivity index (χ4n) is 1.99. The monoisotopic (exact) mass is 285 g/mol. The quantitative estimate of drug-likeness (QED) is 0.416. The fourth-order valence-corrected chi connectivity index (χ4v) is 1.99. The second-order valence-corrected chi connectivity index (χ2v) is 5.51. The minimum absolute atomic E-state index is 0.0121. The molecule has 0 amide bonds. The average molecular weight is 285 g/mol. The van der Waals surface area contributed by atoms with E-state index in [1.165, 1.54) is 44.9 Å². The van der Waals surface area contributed by atoms with Gasteiger partial charge in [-0.05, 0) is 13.3 Å². The highest BCUT2D eigenvalue weighted by Crippen LogP contribution is 2.10. The number of carbonyl (C=O) groups excluding carboxylic acids is 2. The number of unbranched alkanes of at least 4 members (excludes halogenated alkanes) is 8. The van der Waals surface area contributed by atoms with Gasteiger partial charge >= 0.3 is 5.97 Å². The number of rotatable bonds is 13. The molecule has 0 aromatic heterocycles. The topological polar surface area (TPSA) is 69.4 Å². The highest BCUT2D eigenvalue weighted by molar-refractivity contribution is 5.83. The van der Waals surface area contributed by atoms with E-state index in [2.05, 4.69) is 6.92 Å². The van der Waals surface area contributed by atoms with Crippen LogP contribution in [0.15, 0.2) is 0 Å². The van der Waals surface area contributed by atoms with Crippen molar-refractivity contribution >= 4 is 11.8 Å². The molecule has 0 unspecified atom stereocenters. The second-order valence-electron chi connectivity index (χ2n) is 5.51. The van der Waals surface area contributed by atoms with Crippen LogP contribution in [0.1, 0.15) is 78.1 Å².